The van der Waals surface area contributed by atoms with Crippen molar-refractivity contribution in [2.75, 3.05) is 20.6 Å². The summed E-state index contributed by atoms with van der Waals surface area (Å²) in [4.78, 5) is 2.10. The second-order valence-electron chi connectivity index (χ2n) is 2.68. The number of likely N-dealkylation sites (N-methyl/N-ethyl adjacent to an activating group) is 1. The van der Waals surface area contributed by atoms with E-state index in [1.165, 1.54) is 0 Å². The van der Waals surface area contributed by atoms with Gasteiger partial charge in [-0.1, -0.05) is 12.2 Å². The summed E-state index contributed by atoms with van der Waals surface area (Å²) in [6, 6.07) is 0. The molecule has 2 N–H and O–H groups in total. The molecule has 0 spiro atoms. The maximum atomic E-state index is 4.97. The van der Waals surface area contributed by atoms with Crippen molar-refractivity contribution in [3.63, 3.8) is 0 Å². The maximum absolute atomic E-state index is 4.97. The third-order valence-electron chi connectivity index (χ3n) is 1.42. The van der Waals surface area contributed by atoms with E-state index in [0.29, 0.717) is 4.64 Å². The fourth-order valence-corrected chi connectivity index (χ4v) is 0.961. The number of H-pyrrole nitrogens is 2. The van der Waals surface area contributed by atoms with Gasteiger partial charge in [0.05, 0.1) is 5.69 Å². The van der Waals surface area contributed by atoms with E-state index in [-0.39, 0.29) is 0 Å². The van der Waals surface area contributed by atoms with Crippen molar-refractivity contribution in [3.8, 4) is 0 Å². The fraction of sp³-hybridized carbons (Fsp3) is 0.667. The van der Waals surface area contributed by atoms with Crippen LogP contribution in [0.5, 0.6) is 0 Å². The van der Waals surface area contributed by atoms with E-state index in [9.17, 15) is 0 Å². The molecular weight excluding hydrogens is 160 g/mol. The lowest BCUT2D eigenvalue weighted by molar-refractivity contribution is 0.411. The van der Waals surface area contributed by atoms with Gasteiger partial charge in [0.2, 0.25) is 0 Å². The molecule has 5 heteroatoms. The predicted octanol–water partition coefficient (Wildman–Crippen LogP) is 0.571. The third kappa shape index (κ3) is 2.44. The highest BCUT2D eigenvalue weighted by Gasteiger charge is 1.98. The van der Waals surface area contributed by atoms with Crippen LogP contribution in [-0.4, -0.2) is 41.0 Å². The zero-order valence-electron chi connectivity index (χ0n) is 6.72. The molecule has 0 aromatic carbocycles. The van der Waals surface area contributed by atoms with Gasteiger partial charge in [-0.05, 0) is 14.1 Å². The first-order valence-electron chi connectivity index (χ1n) is 3.47. The molecular formula is C6H12N4S. The van der Waals surface area contributed by atoms with Crippen LogP contribution in [0.2, 0.25) is 0 Å². The van der Waals surface area contributed by atoms with Gasteiger partial charge >= 0.3 is 0 Å². The summed E-state index contributed by atoms with van der Waals surface area (Å²) >= 11 is 4.97. The Morgan fingerprint density at radius 3 is 2.73 bits per heavy atom. The highest BCUT2D eigenvalue weighted by Crippen LogP contribution is 1.95. The van der Waals surface area contributed by atoms with Crippen molar-refractivity contribution in [1.29, 1.82) is 0 Å². The zero-order chi connectivity index (χ0) is 8.27. The van der Waals surface area contributed by atoms with Crippen molar-refractivity contribution in [2.24, 2.45) is 0 Å². The van der Waals surface area contributed by atoms with Crippen LogP contribution in [-0.2, 0) is 6.42 Å². The van der Waals surface area contributed by atoms with Crippen molar-refractivity contribution < 1.29 is 0 Å². The van der Waals surface area contributed by atoms with E-state index in [0.717, 1.165) is 18.7 Å². The quantitative estimate of drug-likeness (QED) is 0.655. The van der Waals surface area contributed by atoms with Crippen molar-refractivity contribution >= 4 is 12.2 Å². The molecule has 1 aromatic heterocycles. The van der Waals surface area contributed by atoms with Crippen LogP contribution in [0.4, 0.5) is 0 Å². The van der Waals surface area contributed by atoms with Crippen molar-refractivity contribution in [2.45, 2.75) is 6.42 Å². The molecule has 0 aliphatic carbocycles. The summed E-state index contributed by atoms with van der Waals surface area (Å²) in [6.45, 7) is 0.975. The largest absolute Gasteiger partial charge is 0.309 e. The number of hydrogen-bond donors (Lipinski definition) is 2. The topological polar surface area (TPSA) is 47.7 Å². The molecule has 0 bridgehead atoms. The summed E-state index contributed by atoms with van der Waals surface area (Å²) in [7, 11) is 4.05. The standard InChI is InChI=1S/C6H12N4S/c1-10(2)4-3-5-6(11)8-9-7-5/h3-4H2,1-2H3,(H2,7,8,9,11). The highest BCUT2D eigenvalue weighted by molar-refractivity contribution is 7.71. The first kappa shape index (κ1) is 8.42. The molecule has 0 unspecified atom stereocenters. The Balaban J connectivity index is 2.51. The number of nitrogens with one attached hydrogen (secondary N) is 2. The summed E-state index contributed by atoms with van der Waals surface area (Å²) < 4.78 is 0.715. The summed E-state index contributed by atoms with van der Waals surface area (Å²) in [5.41, 5.74) is 0.939. The zero-order valence-corrected chi connectivity index (χ0v) is 7.53. The van der Waals surface area contributed by atoms with Gasteiger partial charge in [-0.3, -0.25) is 5.10 Å². The minimum Gasteiger partial charge on any atom is -0.309 e. The molecule has 62 valence electrons. The van der Waals surface area contributed by atoms with E-state index in [4.69, 9.17) is 12.2 Å². The molecule has 0 saturated heterocycles. The lowest BCUT2D eigenvalue weighted by Crippen LogP contribution is -2.15. The average Bonchev–Trinajstić information content (AvgIpc) is 2.31. The Kier molecular flexibility index (Phi) is 2.78. The lowest BCUT2D eigenvalue weighted by atomic mass is 10.3. The molecule has 0 radical (unpaired) electrons. The number of hydrogen-bond acceptors (Lipinski definition) is 3. The van der Waals surface area contributed by atoms with Crippen LogP contribution in [0.15, 0.2) is 0 Å². The monoisotopic (exact) mass is 172 g/mol. The smallest absolute Gasteiger partial charge is 0.142 e. The molecule has 0 fully saturated rings. The van der Waals surface area contributed by atoms with Crippen molar-refractivity contribution in [3.05, 3.63) is 10.3 Å². The molecule has 4 nitrogen and oxygen atoms in total. The fourth-order valence-electron chi connectivity index (χ4n) is 0.768. The van der Waals surface area contributed by atoms with Crippen molar-refractivity contribution in [1.82, 2.24) is 20.3 Å². The molecule has 0 amide bonds. The van der Waals surface area contributed by atoms with E-state index >= 15 is 0 Å². The third-order valence-corrected chi connectivity index (χ3v) is 1.76. The first-order chi connectivity index (χ1) is 5.20. The highest BCUT2D eigenvalue weighted by atomic mass is 32.1. The number of nitrogens with zero attached hydrogens (tertiary/aromatic N) is 2. The van der Waals surface area contributed by atoms with Gasteiger partial charge in [-0.25, -0.2) is 5.21 Å². The summed E-state index contributed by atoms with van der Waals surface area (Å²) in [5, 5.41) is 9.35. The van der Waals surface area contributed by atoms with Gasteiger partial charge in [-0.2, -0.15) is 5.10 Å². The molecule has 0 saturated carbocycles. The second kappa shape index (κ2) is 3.64. The molecule has 0 aliphatic heterocycles. The molecule has 1 heterocycles. The van der Waals surface area contributed by atoms with Crippen LogP contribution in [0, 0.1) is 4.64 Å². The van der Waals surface area contributed by atoms with Crippen LogP contribution in [0.3, 0.4) is 0 Å². The minimum absolute atomic E-state index is 0.715. The van der Waals surface area contributed by atoms with Gasteiger partial charge in [0.15, 0.2) is 0 Å². The Morgan fingerprint density at radius 2 is 2.27 bits per heavy atom. The minimum atomic E-state index is 0.715. The molecule has 0 atom stereocenters. The molecule has 0 aliphatic rings. The Labute approximate surface area is 70.6 Å². The average molecular weight is 172 g/mol. The van der Waals surface area contributed by atoms with Crippen LogP contribution < -0.4 is 0 Å². The summed E-state index contributed by atoms with van der Waals surface area (Å²) in [6.07, 6.45) is 0.895. The van der Waals surface area contributed by atoms with E-state index in [2.05, 4.69) is 20.3 Å². The lowest BCUT2D eigenvalue weighted by Gasteiger charge is -2.05. The Bertz CT molecular complexity index is 262. The predicted molar refractivity (Wildman–Crippen MR) is 46.0 cm³/mol. The van der Waals surface area contributed by atoms with Gasteiger partial charge in [0, 0.05) is 13.0 Å². The first-order valence-corrected chi connectivity index (χ1v) is 3.87. The molecule has 1 rings (SSSR count). The second-order valence-corrected chi connectivity index (χ2v) is 3.09. The Morgan fingerprint density at radius 1 is 1.55 bits per heavy atom. The SMILES string of the molecule is CN(C)CCc1n[nH][nH]c1=S. The number of aromatic amines is 2. The normalized spacial score (nSPS) is 10.8. The molecule has 1 aromatic rings. The van der Waals surface area contributed by atoms with Gasteiger partial charge in [-0.15, -0.1) is 0 Å². The van der Waals surface area contributed by atoms with Crippen LogP contribution >= 0.6 is 12.2 Å². The number of rotatable bonds is 3. The van der Waals surface area contributed by atoms with E-state index in [1.54, 1.807) is 0 Å². The van der Waals surface area contributed by atoms with Gasteiger partial charge in [0.1, 0.15) is 4.64 Å². The van der Waals surface area contributed by atoms with Crippen LogP contribution in [0.25, 0.3) is 0 Å². The molecule has 11 heavy (non-hydrogen) atoms. The van der Waals surface area contributed by atoms with Gasteiger partial charge < -0.3 is 4.90 Å². The van der Waals surface area contributed by atoms with E-state index < -0.39 is 0 Å². The van der Waals surface area contributed by atoms with Crippen LogP contribution in [0.1, 0.15) is 5.69 Å². The number of aromatic nitrogens is 3. The van der Waals surface area contributed by atoms with Gasteiger partial charge in [0.25, 0.3) is 0 Å². The Hall–Kier alpha value is -0.680. The summed E-state index contributed by atoms with van der Waals surface area (Å²) in [5.74, 6) is 0. The maximum Gasteiger partial charge on any atom is 0.142 e. The van der Waals surface area contributed by atoms with E-state index in [1.807, 2.05) is 14.1 Å².